The van der Waals surface area contributed by atoms with Crippen molar-refractivity contribution in [2.75, 3.05) is 39.3 Å². The van der Waals surface area contributed by atoms with Crippen LogP contribution in [0.4, 0.5) is 4.79 Å². The first-order chi connectivity index (χ1) is 18.6. The number of esters is 1. The zero-order chi connectivity index (χ0) is 28.3. The van der Waals surface area contributed by atoms with E-state index in [0.717, 1.165) is 5.56 Å². The van der Waals surface area contributed by atoms with Gasteiger partial charge in [0, 0.05) is 49.5 Å². The highest BCUT2D eigenvalue weighted by molar-refractivity contribution is 7.89. The second-order valence-corrected chi connectivity index (χ2v) is 12.1. The molecule has 2 atom stereocenters. The van der Waals surface area contributed by atoms with E-state index < -0.39 is 22.0 Å². The van der Waals surface area contributed by atoms with E-state index in [4.69, 9.17) is 16.3 Å². The lowest BCUT2D eigenvalue weighted by molar-refractivity contribution is -0.139. The number of carbonyl (C=O) groups is 2. The Balaban J connectivity index is 1.64. The third-order valence-corrected chi connectivity index (χ3v) is 9.38. The number of hydrogen-bond donors (Lipinski definition) is 1. The summed E-state index contributed by atoms with van der Waals surface area (Å²) in [5, 5.41) is 3.49. The van der Waals surface area contributed by atoms with Gasteiger partial charge in [-0.1, -0.05) is 41.4 Å². The van der Waals surface area contributed by atoms with Gasteiger partial charge in [0.05, 0.1) is 23.1 Å². The highest BCUT2D eigenvalue weighted by atomic mass is 35.5. The number of amides is 2. The summed E-state index contributed by atoms with van der Waals surface area (Å²) in [6, 6.07) is 12.5. The molecular weight excluding hydrogens is 540 g/mol. The Labute approximate surface area is 235 Å². The van der Waals surface area contributed by atoms with Crippen LogP contribution in [-0.4, -0.2) is 79.9 Å². The van der Waals surface area contributed by atoms with Gasteiger partial charge in [0.25, 0.3) is 0 Å². The lowest BCUT2D eigenvalue weighted by Gasteiger charge is -2.42. The first-order valence-corrected chi connectivity index (χ1v) is 14.9. The molecular formula is C28H35ClN4O5S. The number of halogens is 1. The van der Waals surface area contributed by atoms with Crippen LogP contribution in [0.15, 0.2) is 64.7 Å². The maximum atomic E-state index is 13.4. The van der Waals surface area contributed by atoms with Gasteiger partial charge in [-0.3, -0.25) is 9.80 Å². The lowest BCUT2D eigenvalue weighted by Crippen LogP contribution is -2.56. The molecule has 2 unspecified atom stereocenters. The normalized spacial score (nSPS) is 21.2. The van der Waals surface area contributed by atoms with Crippen molar-refractivity contribution in [1.29, 1.82) is 0 Å². The van der Waals surface area contributed by atoms with Crippen LogP contribution in [0.1, 0.15) is 37.9 Å². The number of nitrogens with one attached hydrogen (secondary N) is 1. The molecule has 2 aromatic carbocycles. The van der Waals surface area contributed by atoms with Crippen molar-refractivity contribution in [3.63, 3.8) is 0 Å². The van der Waals surface area contributed by atoms with Crippen LogP contribution in [0, 0.1) is 6.92 Å². The third kappa shape index (κ3) is 6.14. The van der Waals surface area contributed by atoms with Crippen LogP contribution >= 0.6 is 11.6 Å². The third-order valence-electron chi connectivity index (χ3n) is 7.10. The number of likely N-dealkylation sites (N-methyl/N-ethyl adjacent to an activating group) is 1. The first kappa shape index (κ1) is 29.1. The van der Waals surface area contributed by atoms with Crippen LogP contribution in [0.5, 0.6) is 0 Å². The Morgan fingerprint density at radius 2 is 1.74 bits per heavy atom. The van der Waals surface area contributed by atoms with Crippen molar-refractivity contribution in [2.45, 2.75) is 44.7 Å². The molecule has 9 nitrogen and oxygen atoms in total. The number of ether oxygens (including phenoxy) is 1. The van der Waals surface area contributed by atoms with Crippen molar-refractivity contribution in [3.05, 3.63) is 76.0 Å². The Kier molecular flexibility index (Phi) is 9.00. The minimum Gasteiger partial charge on any atom is -0.463 e. The zero-order valence-corrected chi connectivity index (χ0v) is 24.3. The predicted molar refractivity (Wildman–Crippen MR) is 150 cm³/mol. The molecule has 2 aliphatic heterocycles. The molecule has 11 heteroatoms. The van der Waals surface area contributed by atoms with Gasteiger partial charge >= 0.3 is 12.0 Å². The molecule has 1 saturated heterocycles. The molecule has 2 heterocycles. The summed E-state index contributed by atoms with van der Waals surface area (Å²) in [6.45, 7) is 9.39. The SMILES string of the molecule is CCOC(=O)C1=C(CN2CCN(S(=O)(=O)c3ccc(C)cc3)C(C)C2)N(CC)C(=O)NC1c1ccc(Cl)cc1. The molecule has 0 aliphatic carbocycles. The number of piperazine rings is 1. The second kappa shape index (κ2) is 12.1. The molecule has 1 N–H and O–H groups in total. The van der Waals surface area contributed by atoms with Gasteiger partial charge in [-0.15, -0.1) is 0 Å². The van der Waals surface area contributed by atoms with Gasteiger partial charge in [-0.2, -0.15) is 4.31 Å². The Hall–Kier alpha value is -2.92. The summed E-state index contributed by atoms with van der Waals surface area (Å²) in [6.07, 6.45) is 0. The summed E-state index contributed by atoms with van der Waals surface area (Å²) in [7, 11) is -3.65. The van der Waals surface area contributed by atoms with Gasteiger partial charge in [-0.25, -0.2) is 18.0 Å². The summed E-state index contributed by atoms with van der Waals surface area (Å²) in [4.78, 5) is 30.4. The molecule has 0 radical (unpaired) electrons. The van der Waals surface area contributed by atoms with Gasteiger partial charge in [0.1, 0.15) is 0 Å². The topological polar surface area (TPSA) is 99.3 Å². The Bertz CT molecular complexity index is 1350. The minimum absolute atomic E-state index is 0.190. The fourth-order valence-electron chi connectivity index (χ4n) is 5.14. The van der Waals surface area contributed by atoms with Crippen LogP contribution < -0.4 is 5.32 Å². The number of nitrogens with zero attached hydrogens (tertiary/aromatic N) is 3. The fourth-order valence-corrected chi connectivity index (χ4v) is 6.88. The van der Waals surface area contributed by atoms with E-state index >= 15 is 0 Å². The minimum atomic E-state index is -3.65. The van der Waals surface area contributed by atoms with Gasteiger partial charge < -0.3 is 10.1 Å². The number of rotatable bonds is 8. The monoisotopic (exact) mass is 574 g/mol. The lowest BCUT2D eigenvalue weighted by atomic mass is 9.94. The Morgan fingerprint density at radius 1 is 1.08 bits per heavy atom. The standard InChI is InChI=1S/C28H35ClN4O5S/c1-5-32-24(25(27(34)38-6-2)26(30-28(32)35)21-9-11-22(29)12-10-21)18-31-15-16-33(20(4)17-31)39(36,37)23-13-7-19(3)8-14-23/h7-14,20,26H,5-6,15-18H2,1-4H3,(H,30,35). The number of carbonyl (C=O) groups excluding carboxylic acids is 2. The van der Waals surface area contributed by atoms with Crippen LogP contribution in [0.3, 0.4) is 0 Å². The maximum Gasteiger partial charge on any atom is 0.338 e. The van der Waals surface area contributed by atoms with Crippen molar-refractivity contribution in [2.24, 2.45) is 0 Å². The van der Waals surface area contributed by atoms with E-state index in [9.17, 15) is 18.0 Å². The smallest absolute Gasteiger partial charge is 0.338 e. The van der Waals surface area contributed by atoms with Crippen LogP contribution in [-0.2, 0) is 19.6 Å². The molecule has 4 rings (SSSR count). The van der Waals surface area contributed by atoms with Crippen molar-refractivity contribution < 1.29 is 22.7 Å². The van der Waals surface area contributed by atoms with Crippen molar-refractivity contribution in [3.8, 4) is 0 Å². The summed E-state index contributed by atoms with van der Waals surface area (Å²) in [5.41, 5.74) is 2.63. The molecule has 0 aromatic heterocycles. The molecule has 2 aromatic rings. The molecule has 0 bridgehead atoms. The second-order valence-electron chi connectivity index (χ2n) is 9.77. The van der Waals surface area contributed by atoms with E-state index in [1.165, 1.54) is 4.31 Å². The molecule has 39 heavy (non-hydrogen) atoms. The van der Waals surface area contributed by atoms with E-state index in [2.05, 4.69) is 10.2 Å². The highest BCUT2D eigenvalue weighted by Gasteiger charge is 2.40. The van der Waals surface area contributed by atoms with E-state index in [0.29, 0.717) is 54.6 Å². The Morgan fingerprint density at radius 3 is 2.33 bits per heavy atom. The number of benzene rings is 2. The van der Waals surface area contributed by atoms with Crippen molar-refractivity contribution >= 4 is 33.6 Å². The number of hydrogen-bond acceptors (Lipinski definition) is 6. The number of aryl methyl sites for hydroxylation is 1. The highest BCUT2D eigenvalue weighted by Crippen LogP contribution is 2.33. The van der Waals surface area contributed by atoms with E-state index in [1.807, 2.05) is 20.8 Å². The number of urea groups is 1. The number of sulfonamides is 1. The quantitative estimate of drug-likeness (QED) is 0.479. The van der Waals surface area contributed by atoms with Crippen molar-refractivity contribution in [1.82, 2.24) is 19.4 Å². The molecule has 1 fully saturated rings. The van der Waals surface area contributed by atoms with Gasteiger partial charge in [0.15, 0.2) is 0 Å². The van der Waals surface area contributed by atoms with E-state index in [1.54, 1.807) is 60.4 Å². The van der Waals surface area contributed by atoms with Crippen LogP contribution in [0.2, 0.25) is 5.02 Å². The first-order valence-electron chi connectivity index (χ1n) is 13.1. The largest absolute Gasteiger partial charge is 0.463 e. The summed E-state index contributed by atoms with van der Waals surface area (Å²) >= 11 is 6.08. The average molecular weight is 575 g/mol. The van der Waals surface area contributed by atoms with Crippen LogP contribution in [0.25, 0.3) is 0 Å². The maximum absolute atomic E-state index is 13.4. The molecule has 2 aliphatic rings. The van der Waals surface area contributed by atoms with Gasteiger partial charge in [-0.05, 0) is 57.5 Å². The summed E-state index contributed by atoms with van der Waals surface area (Å²) in [5.74, 6) is -0.500. The van der Waals surface area contributed by atoms with E-state index in [-0.39, 0.29) is 23.6 Å². The zero-order valence-electron chi connectivity index (χ0n) is 22.7. The molecule has 0 spiro atoms. The predicted octanol–water partition coefficient (Wildman–Crippen LogP) is 3.95. The molecule has 210 valence electrons. The van der Waals surface area contributed by atoms with Gasteiger partial charge in [0.2, 0.25) is 10.0 Å². The fraction of sp³-hybridized carbons (Fsp3) is 0.429. The summed E-state index contributed by atoms with van der Waals surface area (Å²) < 4.78 is 33.7. The average Bonchev–Trinajstić information content (AvgIpc) is 2.89. The molecule has 2 amide bonds. The molecule has 0 saturated carbocycles.